The van der Waals surface area contributed by atoms with E-state index >= 15 is 0 Å². The molecule has 0 fully saturated rings. The van der Waals surface area contributed by atoms with E-state index in [1.54, 1.807) is 37.3 Å². The number of hydrogen-bond acceptors (Lipinski definition) is 4. The van der Waals surface area contributed by atoms with Crippen LogP contribution in [-0.2, 0) is 22.4 Å². The van der Waals surface area contributed by atoms with Crippen LogP contribution in [-0.4, -0.2) is 30.0 Å². The van der Waals surface area contributed by atoms with E-state index in [9.17, 15) is 14.4 Å². The lowest BCUT2D eigenvalue weighted by atomic mass is 9.95. The Morgan fingerprint density at radius 2 is 1.63 bits per heavy atom. The van der Waals surface area contributed by atoms with Crippen molar-refractivity contribution in [2.24, 2.45) is 0 Å². The molecule has 3 aromatic carbocycles. The summed E-state index contributed by atoms with van der Waals surface area (Å²) in [4.78, 5) is 41.0. The number of carbonyl (C=O) groups is 2. The fraction of sp³-hybridized carbons (Fsp3) is 0.167. The predicted octanol–water partition coefficient (Wildman–Crippen LogP) is 5.76. The zero-order chi connectivity index (χ0) is 27.2. The second-order valence-electron chi connectivity index (χ2n) is 8.86. The fourth-order valence-electron chi connectivity index (χ4n) is 4.35. The average Bonchev–Trinajstić information content (AvgIpc) is 2.91. The minimum atomic E-state index is -0.933. The van der Waals surface area contributed by atoms with Gasteiger partial charge in [0.05, 0.1) is 28.3 Å². The molecule has 4 rings (SSSR count). The van der Waals surface area contributed by atoms with Crippen molar-refractivity contribution in [2.75, 3.05) is 7.11 Å². The number of H-pyrrole nitrogens is 1. The van der Waals surface area contributed by atoms with E-state index in [4.69, 9.17) is 27.9 Å². The molecule has 6 nitrogen and oxygen atoms in total. The first-order valence-corrected chi connectivity index (χ1v) is 12.7. The Labute approximate surface area is 230 Å². The van der Waals surface area contributed by atoms with E-state index in [0.717, 1.165) is 16.7 Å². The minimum absolute atomic E-state index is 0.185. The van der Waals surface area contributed by atoms with E-state index in [1.807, 2.05) is 42.5 Å². The van der Waals surface area contributed by atoms with E-state index in [1.165, 1.54) is 13.3 Å². The van der Waals surface area contributed by atoms with Crippen molar-refractivity contribution in [3.63, 3.8) is 0 Å². The molecule has 0 unspecified atom stereocenters. The van der Waals surface area contributed by atoms with Crippen LogP contribution < -0.4 is 10.9 Å². The lowest BCUT2D eigenvalue weighted by Crippen LogP contribution is -2.43. The molecule has 0 aliphatic heterocycles. The van der Waals surface area contributed by atoms with Crippen LogP contribution in [0.15, 0.2) is 83.8 Å². The first-order valence-electron chi connectivity index (χ1n) is 12.0. The molecule has 1 amide bonds. The van der Waals surface area contributed by atoms with E-state index < -0.39 is 17.9 Å². The van der Waals surface area contributed by atoms with Gasteiger partial charge in [0.25, 0.3) is 11.5 Å². The van der Waals surface area contributed by atoms with Gasteiger partial charge < -0.3 is 15.0 Å². The Bertz CT molecular complexity index is 1500. The lowest BCUT2D eigenvalue weighted by Gasteiger charge is -2.18. The number of nitrogens with one attached hydrogen (secondary N) is 2. The van der Waals surface area contributed by atoms with Crippen molar-refractivity contribution in [2.45, 2.75) is 25.8 Å². The van der Waals surface area contributed by atoms with Crippen LogP contribution in [0.1, 0.15) is 32.6 Å². The molecule has 0 radical (unpaired) electrons. The largest absolute Gasteiger partial charge is 0.467 e. The second kappa shape index (κ2) is 12.1. The monoisotopic (exact) mass is 548 g/mol. The summed E-state index contributed by atoms with van der Waals surface area (Å²) in [5.41, 5.74) is 4.46. The number of esters is 1. The van der Waals surface area contributed by atoms with Crippen LogP contribution in [0.3, 0.4) is 0 Å². The van der Waals surface area contributed by atoms with Gasteiger partial charge in [-0.25, -0.2) is 4.79 Å². The molecular formula is C30H26Cl2N2O4. The number of ether oxygens (including phenoxy) is 1. The molecule has 4 aromatic rings. The third kappa shape index (κ3) is 6.15. The Hall–Kier alpha value is -3.87. The van der Waals surface area contributed by atoms with Gasteiger partial charge in [0.1, 0.15) is 6.04 Å². The van der Waals surface area contributed by atoms with Crippen LogP contribution in [0.2, 0.25) is 10.0 Å². The highest BCUT2D eigenvalue weighted by Gasteiger charge is 2.25. The molecule has 1 atom stereocenters. The molecule has 0 aliphatic rings. The number of hydrogen-bond donors (Lipinski definition) is 2. The zero-order valence-electron chi connectivity index (χ0n) is 20.9. The number of halogens is 2. The number of aryl methyl sites for hydroxylation is 1. The van der Waals surface area contributed by atoms with Crippen molar-refractivity contribution in [3.8, 4) is 11.1 Å². The number of rotatable bonds is 8. The highest BCUT2D eigenvalue weighted by Crippen LogP contribution is 2.28. The summed E-state index contributed by atoms with van der Waals surface area (Å²) in [7, 11) is 1.27. The molecule has 0 saturated carbocycles. The van der Waals surface area contributed by atoms with E-state index in [0.29, 0.717) is 38.7 Å². The fourth-order valence-corrected chi connectivity index (χ4v) is 4.87. The first kappa shape index (κ1) is 27.2. The predicted molar refractivity (Wildman–Crippen MR) is 150 cm³/mol. The molecule has 0 bridgehead atoms. The van der Waals surface area contributed by atoms with Crippen molar-refractivity contribution in [3.05, 3.63) is 127 Å². The smallest absolute Gasteiger partial charge is 0.328 e. The molecule has 1 heterocycles. The molecular weight excluding hydrogens is 523 g/mol. The van der Waals surface area contributed by atoms with Crippen LogP contribution in [0.5, 0.6) is 0 Å². The third-order valence-electron chi connectivity index (χ3n) is 6.29. The van der Waals surface area contributed by atoms with Gasteiger partial charge in [-0.1, -0.05) is 89.9 Å². The Morgan fingerprint density at radius 3 is 2.29 bits per heavy atom. The molecule has 1 aromatic heterocycles. The molecule has 2 N–H and O–H groups in total. The number of pyridine rings is 1. The summed E-state index contributed by atoms with van der Waals surface area (Å²) in [5, 5.41) is 3.51. The van der Waals surface area contributed by atoms with E-state index in [2.05, 4.69) is 10.3 Å². The van der Waals surface area contributed by atoms with Gasteiger partial charge in [-0.3, -0.25) is 9.59 Å². The number of aromatic nitrogens is 1. The SMILES string of the molecule is COC(=O)[C@H](Cc1ccc(-c2c(Cc3ccccc3)c(Cl)c[nH]c2=O)cc1)NC(=O)c1c(C)cccc1Cl. The maximum atomic E-state index is 12.9. The van der Waals surface area contributed by atoms with Crippen molar-refractivity contribution >= 4 is 35.1 Å². The summed E-state index contributed by atoms with van der Waals surface area (Å²) >= 11 is 12.7. The van der Waals surface area contributed by atoms with Gasteiger partial charge in [-0.2, -0.15) is 0 Å². The Morgan fingerprint density at radius 1 is 0.921 bits per heavy atom. The first-order chi connectivity index (χ1) is 18.3. The van der Waals surface area contributed by atoms with Crippen molar-refractivity contribution in [1.82, 2.24) is 10.3 Å². The molecule has 38 heavy (non-hydrogen) atoms. The topological polar surface area (TPSA) is 88.3 Å². The quantitative estimate of drug-likeness (QED) is 0.274. The zero-order valence-corrected chi connectivity index (χ0v) is 22.4. The van der Waals surface area contributed by atoms with Crippen LogP contribution in [0, 0.1) is 6.92 Å². The molecule has 194 valence electrons. The van der Waals surface area contributed by atoms with E-state index in [-0.39, 0.29) is 12.0 Å². The van der Waals surface area contributed by atoms with Crippen molar-refractivity contribution < 1.29 is 14.3 Å². The van der Waals surface area contributed by atoms with Gasteiger partial charge in [-0.05, 0) is 47.2 Å². The number of amides is 1. The maximum absolute atomic E-state index is 12.9. The number of carbonyl (C=O) groups excluding carboxylic acids is 2. The highest BCUT2D eigenvalue weighted by molar-refractivity contribution is 6.34. The summed E-state index contributed by atoms with van der Waals surface area (Å²) < 4.78 is 4.93. The Balaban J connectivity index is 1.59. The van der Waals surface area contributed by atoms with Crippen LogP contribution >= 0.6 is 23.2 Å². The Kier molecular flexibility index (Phi) is 8.66. The maximum Gasteiger partial charge on any atom is 0.328 e. The van der Waals surface area contributed by atoms with Gasteiger partial charge in [0, 0.05) is 12.6 Å². The minimum Gasteiger partial charge on any atom is -0.467 e. The van der Waals surface area contributed by atoms with Gasteiger partial charge in [0.15, 0.2) is 0 Å². The van der Waals surface area contributed by atoms with Crippen molar-refractivity contribution in [1.29, 1.82) is 0 Å². The standard InChI is InChI=1S/C30H26Cl2N2O4/c1-18-7-6-10-23(31)26(18)29(36)34-25(30(37)38-2)16-20-11-13-21(14-12-20)27-22(24(32)17-33-28(27)35)15-19-8-4-3-5-9-19/h3-14,17,25H,15-16H2,1-2H3,(H,33,35)(H,34,36)/t25-/m0/s1. The normalized spacial score (nSPS) is 11.6. The number of aromatic amines is 1. The third-order valence-corrected chi connectivity index (χ3v) is 6.95. The number of benzene rings is 3. The second-order valence-corrected chi connectivity index (χ2v) is 9.68. The summed E-state index contributed by atoms with van der Waals surface area (Å²) in [5.74, 6) is -1.04. The molecule has 0 spiro atoms. The molecule has 0 aliphatic carbocycles. The lowest BCUT2D eigenvalue weighted by molar-refractivity contribution is -0.142. The van der Waals surface area contributed by atoms with Crippen LogP contribution in [0.25, 0.3) is 11.1 Å². The number of methoxy groups -OCH3 is 1. The van der Waals surface area contributed by atoms with Gasteiger partial charge in [0.2, 0.25) is 0 Å². The summed E-state index contributed by atoms with van der Waals surface area (Å²) in [6.45, 7) is 1.77. The molecule has 8 heteroatoms. The van der Waals surface area contributed by atoms with Gasteiger partial charge >= 0.3 is 5.97 Å². The summed E-state index contributed by atoms with van der Waals surface area (Å²) in [6, 6.07) is 21.2. The van der Waals surface area contributed by atoms with Crippen LogP contribution in [0.4, 0.5) is 0 Å². The highest BCUT2D eigenvalue weighted by atomic mass is 35.5. The molecule has 0 saturated heterocycles. The summed E-state index contributed by atoms with van der Waals surface area (Å²) in [6.07, 6.45) is 2.19. The average molecular weight is 549 g/mol. The van der Waals surface area contributed by atoms with Gasteiger partial charge in [-0.15, -0.1) is 0 Å².